The molecule has 0 aliphatic rings. The van der Waals surface area contributed by atoms with Gasteiger partial charge in [-0.05, 0) is 52.8 Å². The minimum absolute atomic E-state index is 0. The highest BCUT2D eigenvalue weighted by atomic mass is 35.5. The number of carboxylic acids is 1. The summed E-state index contributed by atoms with van der Waals surface area (Å²) in [4.78, 5) is 24.6. The maximum atomic E-state index is 13.8. The molecule has 8 nitrogen and oxygen atoms in total. The van der Waals surface area contributed by atoms with E-state index in [1.165, 1.54) is 0 Å². The molecule has 4 N–H and O–H groups in total. The first-order valence-corrected chi connectivity index (χ1v) is 13.3. The van der Waals surface area contributed by atoms with Gasteiger partial charge >= 0.3 is 5.97 Å². The first-order valence-electron chi connectivity index (χ1n) is 13.3. The number of ketones is 1. The second-order valence-electron chi connectivity index (χ2n) is 12.3. The van der Waals surface area contributed by atoms with Crippen LogP contribution < -0.4 is 10.9 Å². The monoisotopic (exact) mass is 614 g/mol. The van der Waals surface area contributed by atoms with Crippen molar-refractivity contribution in [2.45, 2.75) is 65.5 Å². The van der Waals surface area contributed by atoms with E-state index in [4.69, 9.17) is 10.5 Å². The second-order valence-corrected chi connectivity index (χ2v) is 12.3. The number of fused-ring (bicyclic) bond motifs is 1. The highest BCUT2D eigenvalue weighted by Crippen LogP contribution is 2.40. The third-order valence-electron chi connectivity index (χ3n) is 7.06. The molecule has 0 fully saturated rings. The third-order valence-corrected chi connectivity index (χ3v) is 7.06. The van der Waals surface area contributed by atoms with Crippen molar-refractivity contribution in [3.05, 3.63) is 88.5 Å². The van der Waals surface area contributed by atoms with Crippen molar-refractivity contribution >= 4 is 53.3 Å². The van der Waals surface area contributed by atoms with Crippen LogP contribution in [0.5, 0.6) is 5.75 Å². The normalized spacial score (nSPS) is 11.5. The number of carboxylic acid groups (broad SMARTS) is 1. The molecular formula is C32H40Cl2N4O4. The lowest BCUT2D eigenvalue weighted by Gasteiger charge is -2.28. The summed E-state index contributed by atoms with van der Waals surface area (Å²) < 4.78 is 3.58. The summed E-state index contributed by atoms with van der Waals surface area (Å²) in [7, 11) is 0. The van der Waals surface area contributed by atoms with Crippen molar-refractivity contribution in [1.82, 2.24) is 9.13 Å². The largest absolute Gasteiger partial charge is 0.507 e. The number of phenols is 1. The molecule has 0 aliphatic heterocycles. The highest BCUT2D eigenvalue weighted by Gasteiger charge is 2.28. The van der Waals surface area contributed by atoms with E-state index in [2.05, 4.69) is 5.32 Å². The lowest BCUT2D eigenvalue weighted by Crippen LogP contribution is -2.28. The van der Waals surface area contributed by atoms with Crippen LogP contribution in [0.2, 0.25) is 0 Å². The number of carbonyl (C=O) groups excluding carboxylic acids is 1. The predicted octanol–water partition coefficient (Wildman–Crippen LogP) is 6.49. The van der Waals surface area contributed by atoms with Crippen molar-refractivity contribution in [3.8, 4) is 5.75 Å². The summed E-state index contributed by atoms with van der Waals surface area (Å²) >= 11 is 0. The summed E-state index contributed by atoms with van der Waals surface area (Å²) in [6, 6.07) is 18.7. The molecule has 1 aromatic heterocycles. The average Bonchev–Trinajstić information content (AvgIpc) is 3.13. The fourth-order valence-electron chi connectivity index (χ4n) is 4.88. The first kappa shape index (κ1) is 34.5. The number of para-hydroxylation sites is 2. The zero-order valence-electron chi connectivity index (χ0n) is 24.8. The number of aliphatic carboxylic acids is 1. The van der Waals surface area contributed by atoms with Gasteiger partial charge in [0, 0.05) is 22.4 Å². The van der Waals surface area contributed by atoms with E-state index in [1.807, 2.05) is 94.6 Å². The minimum atomic E-state index is -0.933. The molecule has 0 atom stereocenters. The molecule has 0 bridgehead atoms. The molecule has 4 rings (SSSR count). The van der Waals surface area contributed by atoms with Crippen LogP contribution in [0, 0.1) is 5.41 Å². The van der Waals surface area contributed by atoms with Gasteiger partial charge in [-0.2, -0.15) is 0 Å². The Bertz CT molecular complexity index is 1610. The van der Waals surface area contributed by atoms with Crippen LogP contribution in [0.15, 0.2) is 60.7 Å². The molecule has 42 heavy (non-hydrogen) atoms. The van der Waals surface area contributed by atoms with Gasteiger partial charge in [0.25, 0.3) is 0 Å². The Kier molecular flexibility index (Phi) is 10.7. The zero-order chi connectivity index (χ0) is 29.4. The maximum Gasteiger partial charge on any atom is 0.322 e. The zero-order valence-corrected chi connectivity index (χ0v) is 26.4. The van der Waals surface area contributed by atoms with Crippen molar-refractivity contribution in [2.24, 2.45) is 0 Å². The number of phenolic OH excluding ortho intramolecular Hbond substituents is 1. The molecule has 0 unspecified atom stereocenters. The van der Waals surface area contributed by atoms with Gasteiger partial charge in [-0.1, -0.05) is 65.8 Å². The third kappa shape index (κ3) is 7.36. The van der Waals surface area contributed by atoms with Crippen LogP contribution in [0.1, 0.15) is 68.6 Å². The van der Waals surface area contributed by atoms with Gasteiger partial charge in [-0.15, -0.1) is 24.8 Å². The molecule has 0 amide bonds. The van der Waals surface area contributed by atoms with E-state index in [-0.39, 0.29) is 65.9 Å². The molecule has 1 heterocycles. The van der Waals surface area contributed by atoms with Gasteiger partial charge in [0.15, 0.2) is 5.78 Å². The first-order chi connectivity index (χ1) is 18.7. The second kappa shape index (κ2) is 13.0. The van der Waals surface area contributed by atoms with Gasteiger partial charge in [0.1, 0.15) is 12.3 Å². The standard InChI is InChI=1S/C32H38N4O4.2ClH/c1-31(2,3)23-15-21(16-24(29(23)40)32(4,5)6)27(37)19-36-26-10-8-7-9-25(26)35(30(36)33)18-20-11-13-22(14-12-20)34-17-28(38)39;;/h7-16,33-34,40H,17-19H2,1-6H3,(H,38,39);2*1H. The van der Waals surface area contributed by atoms with Crippen LogP contribution in [0.25, 0.3) is 11.0 Å². The summed E-state index contributed by atoms with van der Waals surface area (Å²) in [5.74, 6) is -0.838. The number of Topliss-reactive ketones (excluding diaryl/α,β-unsaturated/α-hetero) is 1. The fraction of sp³-hybridized carbons (Fsp3) is 0.344. The van der Waals surface area contributed by atoms with E-state index < -0.39 is 5.97 Å². The van der Waals surface area contributed by atoms with Crippen LogP contribution in [-0.4, -0.2) is 37.6 Å². The molecule has 0 spiro atoms. The van der Waals surface area contributed by atoms with Gasteiger partial charge in [-0.25, -0.2) is 0 Å². The molecule has 0 saturated heterocycles. The van der Waals surface area contributed by atoms with Gasteiger partial charge in [0.05, 0.1) is 24.1 Å². The van der Waals surface area contributed by atoms with Crippen molar-refractivity contribution in [3.63, 3.8) is 0 Å². The average molecular weight is 616 g/mol. The fourth-order valence-corrected chi connectivity index (χ4v) is 4.88. The van der Waals surface area contributed by atoms with E-state index in [9.17, 15) is 14.7 Å². The Balaban J connectivity index is 0.00000308. The molecule has 0 saturated carbocycles. The number of carbonyl (C=O) groups is 2. The smallest absolute Gasteiger partial charge is 0.322 e. The number of hydrogen-bond acceptors (Lipinski definition) is 5. The number of aromatic hydroxyl groups is 1. The molecule has 3 aromatic carbocycles. The number of aromatic nitrogens is 2. The topological polar surface area (TPSA) is 120 Å². The van der Waals surface area contributed by atoms with E-state index in [1.54, 1.807) is 16.7 Å². The molecule has 4 aromatic rings. The summed E-state index contributed by atoms with van der Waals surface area (Å²) in [6.45, 7) is 12.3. The van der Waals surface area contributed by atoms with Crippen LogP contribution in [-0.2, 0) is 28.7 Å². The van der Waals surface area contributed by atoms with E-state index in [0.29, 0.717) is 17.8 Å². The number of hydrogen-bond donors (Lipinski definition) is 4. The van der Waals surface area contributed by atoms with E-state index in [0.717, 1.165) is 27.7 Å². The van der Waals surface area contributed by atoms with Gasteiger partial charge in [-0.3, -0.25) is 15.0 Å². The van der Waals surface area contributed by atoms with Crippen molar-refractivity contribution in [2.75, 3.05) is 11.9 Å². The number of anilines is 1. The van der Waals surface area contributed by atoms with E-state index >= 15 is 0 Å². The van der Waals surface area contributed by atoms with Crippen molar-refractivity contribution in [1.29, 1.82) is 5.41 Å². The highest BCUT2D eigenvalue weighted by molar-refractivity contribution is 5.97. The Labute approximate surface area is 258 Å². The molecule has 0 aliphatic carbocycles. The number of rotatable bonds is 8. The van der Waals surface area contributed by atoms with Crippen LogP contribution in [0.3, 0.4) is 0 Å². The Morgan fingerprint density at radius 1 is 0.833 bits per heavy atom. The van der Waals surface area contributed by atoms with Gasteiger partial charge < -0.3 is 24.7 Å². The quantitative estimate of drug-likeness (QED) is 0.169. The summed E-state index contributed by atoms with van der Waals surface area (Å²) in [6.07, 6.45) is 0. The lowest BCUT2D eigenvalue weighted by atomic mass is 9.78. The molecule has 10 heteroatoms. The SMILES string of the molecule is CC(C)(C)c1cc(C(=O)Cn2c(=N)n(Cc3ccc(NCC(=O)O)cc3)c3ccccc32)cc(C(C)(C)C)c1O.Cl.Cl. The van der Waals surface area contributed by atoms with Crippen molar-refractivity contribution < 1.29 is 19.8 Å². The summed E-state index contributed by atoms with van der Waals surface area (Å²) in [5.41, 5.74) is 4.72. The maximum absolute atomic E-state index is 13.8. The van der Waals surface area contributed by atoms with Gasteiger partial charge in [0.2, 0.25) is 5.62 Å². The van der Waals surface area contributed by atoms with Crippen LogP contribution in [0.4, 0.5) is 5.69 Å². The number of imidazole rings is 1. The van der Waals surface area contributed by atoms with Crippen LogP contribution >= 0.6 is 24.8 Å². The number of nitrogens with one attached hydrogen (secondary N) is 2. The minimum Gasteiger partial charge on any atom is -0.507 e. The predicted molar refractivity (Wildman–Crippen MR) is 172 cm³/mol. The number of nitrogens with zero attached hydrogens (tertiary/aromatic N) is 2. The summed E-state index contributed by atoms with van der Waals surface area (Å²) in [5, 5.41) is 31.8. The molecule has 0 radical (unpaired) electrons. The Morgan fingerprint density at radius 2 is 1.33 bits per heavy atom. The number of halogens is 2. The Hall–Kier alpha value is -3.75. The molecule has 226 valence electrons. The lowest BCUT2D eigenvalue weighted by molar-refractivity contribution is -0.134. The number of benzene rings is 3. The molecular weight excluding hydrogens is 575 g/mol. The Morgan fingerprint density at radius 3 is 1.81 bits per heavy atom.